The molecule has 1 unspecified atom stereocenters. The Labute approximate surface area is 110 Å². The highest BCUT2D eigenvalue weighted by molar-refractivity contribution is 7.20. The average molecular weight is 261 g/mol. The first kappa shape index (κ1) is 11.7. The minimum Gasteiger partial charge on any atom is -0.388 e. The van der Waals surface area contributed by atoms with Crippen LogP contribution in [0.2, 0.25) is 0 Å². The molecule has 3 nitrogen and oxygen atoms in total. The summed E-state index contributed by atoms with van der Waals surface area (Å²) in [6, 6.07) is 9.94. The molecule has 1 amide bonds. The van der Waals surface area contributed by atoms with Crippen LogP contribution < -0.4 is 0 Å². The van der Waals surface area contributed by atoms with Crippen LogP contribution in [-0.2, 0) is 0 Å². The Balaban J connectivity index is 1.88. The van der Waals surface area contributed by atoms with Gasteiger partial charge in [0, 0.05) is 17.8 Å². The Morgan fingerprint density at radius 1 is 1.44 bits per heavy atom. The van der Waals surface area contributed by atoms with Gasteiger partial charge in [0.1, 0.15) is 0 Å². The Morgan fingerprint density at radius 3 is 2.89 bits per heavy atom. The van der Waals surface area contributed by atoms with Crippen LogP contribution in [-0.4, -0.2) is 34.6 Å². The summed E-state index contributed by atoms with van der Waals surface area (Å²) in [4.78, 5) is 14.8. The van der Waals surface area contributed by atoms with Crippen LogP contribution in [0.1, 0.15) is 23.0 Å². The van der Waals surface area contributed by atoms with Gasteiger partial charge in [0.05, 0.1) is 10.5 Å². The second-order valence-corrected chi connectivity index (χ2v) is 6.21. The highest BCUT2D eigenvalue weighted by atomic mass is 32.1. The van der Waals surface area contributed by atoms with Gasteiger partial charge in [0.2, 0.25) is 0 Å². The van der Waals surface area contributed by atoms with Gasteiger partial charge < -0.3 is 10.0 Å². The molecule has 0 saturated carbocycles. The minimum absolute atomic E-state index is 0.0361. The van der Waals surface area contributed by atoms with E-state index in [0.717, 1.165) is 15.0 Å². The van der Waals surface area contributed by atoms with Gasteiger partial charge in [-0.25, -0.2) is 0 Å². The van der Waals surface area contributed by atoms with Crippen molar-refractivity contribution in [1.29, 1.82) is 0 Å². The maximum atomic E-state index is 12.3. The molecule has 0 aliphatic carbocycles. The van der Waals surface area contributed by atoms with Crippen LogP contribution in [0.15, 0.2) is 30.3 Å². The van der Waals surface area contributed by atoms with Crippen LogP contribution in [0.3, 0.4) is 0 Å². The molecule has 2 aromatic rings. The van der Waals surface area contributed by atoms with Crippen LogP contribution >= 0.6 is 11.3 Å². The average Bonchev–Trinajstić information content (AvgIpc) is 2.91. The molecule has 1 aromatic heterocycles. The van der Waals surface area contributed by atoms with E-state index in [1.54, 1.807) is 11.8 Å². The van der Waals surface area contributed by atoms with Crippen molar-refractivity contribution >= 4 is 27.3 Å². The number of likely N-dealkylation sites (tertiary alicyclic amines) is 1. The number of carbonyl (C=O) groups is 1. The molecular weight excluding hydrogens is 246 g/mol. The molecular formula is C14H15NO2S. The van der Waals surface area contributed by atoms with Crippen LogP contribution in [0, 0.1) is 0 Å². The number of carbonyl (C=O) groups excluding carboxylic acids is 1. The van der Waals surface area contributed by atoms with E-state index in [0.29, 0.717) is 19.5 Å². The fourth-order valence-electron chi connectivity index (χ4n) is 2.36. The second-order valence-electron chi connectivity index (χ2n) is 5.12. The summed E-state index contributed by atoms with van der Waals surface area (Å²) < 4.78 is 1.13. The van der Waals surface area contributed by atoms with Gasteiger partial charge in [0.15, 0.2) is 0 Å². The van der Waals surface area contributed by atoms with E-state index >= 15 is 0 Å². The number of rotatable bonds is 1. The molecule has 94 valence electrons. The predicted molar refractivity (Wildman–Crippen MR) is 73.0 cm³/mol. The van der Waals surface area contributed by atoms with Crippen molar-refractivity contribution in [2.24, 2.45) is 0 Å². The summed E-state index contributed by atoms with van der Waals surface area (Å²) >= 11 is 1.52. The van der Waals surface area contributed by atoms with E-state index in [1.165, 1.54) is 11.3 Å². The summed E-state index contributed by atoms with van der Waals surface area (Å²) in [5.41, 5.74) is -0.730. The zero-order chi connectivity index (χ0) is 12.8. The monoisotopic (exact) mass is 261 g/mol. The molecule has 1 N–H and O–H groups in total. The van der Waals surface area contributed by atoms with Crippen LogP contribution in [0.25, 0.3) is 10.1 Å². The molecule has 18 heavy (non-hydrogen) atoms. The van der Waals surface area contributed by atoms with Crippen LogP contribution in [0.4, 0.5) is 0 Å². The highest BCUT2D eigenvalue weighted by Crippen LogP contribution is 2.28. The van der Waals surface area contributed by atoms with Gasteiger partial charge in [0.25, 0.3) is 5.91 Å². The lowest BCUT2D eigenvalue weighted by Crippen LogP contribution is -2.33. The van der Waals surface area contributed by atoms with E-state index in [9.17, 15) is 9.90 Å². The van der Waals surface area contributed by atoms with E-state index in [2.05, 4.69) is 0 Å². The van der Waals surface area contributed by atoms with Crippen molar-refractivity contribution in [1.82, 2.24) is 4.90 Å². The van der Waals surface area contributed by atoms with Crippen molar-refractivity contribution in [3.8, 4) is 0 Å². The number of hydrogen-bond acceptors (Lipinski definition) is 3. The van der Waals surface area contributed by atoms with E-state index in [4.69, 9.17) is 0 Å². The highest BCUT2D eigenvalue weighted by Gasteiger charge is 2.34. The Bertz CT molecular complexity index is 570. The van der Waals surface area contributed by atoms with Gasteiger partial charge in [-0.15, -0.1) is 11.3 Å². The topological polar surface area (TPSA) is 40.5 Å². The third-order valence-electron chi connectivity index (χ3n) is 3.38. The first-order chi connectivity index (χ1) is 8.55. The van der Waals surface area contributed by atoms with Crippen molar-refractivity contribution in [3.63, 3.8) is 0 Å². The normalized spacial score (nSPS) is 23.8. The summed E-state index contributed by atoms with van der Waals surface area (Å²) in [5, 5.41) is 11.0. The van der Waals surface area contributed by atoms with E-state index in [1.807, 2.05) is 30.3 Å². The summed E-state index contributed by atoms with van der Waals surface area (Å²) in [7, 11) is 0. The summed E-state index contributed by atoms with van der Waals surface area (Å²) in [6.45, 7) is 2.85. The molecule has 1 aliphatic rings. The lowest BCUT2D eigenvalue weighted by atomic mass is 10.1. The van der Waals surface area contributed by atoms with Gasteiger partial charge in [-0.1, -0.05) is 18.2 Å². The molecule has 1 aliphatic heterocycles. The van der Waals surface area contributed by atoms with Crippen LogP contribution in [0.5, 0.6) is 0 Å². The summed E-state index contributed by atoms with van der Waals surface area (Å²) in [6.07, 6.45) is 0.656. The molecule has 0 bridgehead atoms. The lowest BCUT2D eigenvalue weighted by Gasteiger charge is -2.18. The Hall–Kier alpha value is -1.39. The molecule has 1 atom stereocenters. The molecule has 2 heterocycles. The molecule has 1 aromatic carbocycles. The van der Waals surface area contributed by atoms with Crippen molar-refractivity contribution in [3.05, 3.63) is 35.2 Å². The van der Waals surface area contributed by atoms with Gasteiger partial charge in [-0.05, 0) is 30.9 Å². The maximum Gasteiger partial charge on any atom is 0.264 e. The van der Waals surface area contributed by atoms with E-state index in [-0.39, 0.29) is 5.91 Å². The number of aliphatic hydroxyl groups is 1. The smallest absolute Gasteiger partial charge is 0.264 e. The fourth-order valence-corrected chi connectivity index (χ4v) is 3.39. The molecule has 0 spiro atoms. The molecule has 1 fully saturated rings. The molecule has 0 radical (unpaired) electrons. The largest absolute Gasteiger partial charge is 0.388 e. The zero-order valence-electron chi connectivity index (χ0n) is 10.2. The standard InChI is InChI=1S/C14H15NO2S/c1-14(17)6-7-15(9-14)13(16)12-8-10-4-2-3-5-11(10)18-12/h2-5,8,17H,6-7,9H2,1H3. The third kappa shape index (κ3) is 2.02. The molecule has 1 saturated heterocycles. The quantitative estimate of drug-likeness (QED) is 0.857. The number of amides is 1. The first-order valence-electron chi connectivity index (χ1n) is 6.05. The minimum atomic E-state index is -0.730. The van der Waals surface area contributed by atoms with Crippen molar-refractivity contribution in [2.75, 3.05) is 13.1 Å². The van der Waals surface area contributed by atoms with E-state index < -0.39 is 5.60 Å². The number of thiophene rings is 1. The third-order valence-corrected chi connectivity index (χ3v) is 4.48. The number of benzene rings is 1. The number of nitrogens with zero attached hydrogens (tertiary/aromatic N) is 1. The summed E-state index contributed by atoms with van der Waals surface area (Å²) in [5.74, 6) is 0.0361. The molecule has 3 rings (SSSR count). The second kappa shape index (κ2) is 4.07. The SMILES string of the molecule is CC1(O)CCN(C(=O)c2cc3ccccc3s2)C1. The maximum absolute atomic E-state index is 12.3. The Kier molecular flexibility index (Phi) is 2.64. The predicted octanol–water partition coefficient (Wildman–Crippen LogP) is 2.50. The number of fused-ring (bicyclic) bond motifs is 1. The van der Waals surface area contributed by atoms with Crippen molar-refractivity contribution in [2.45, 2.75) is 18.9 Å². The van der Waals surface area contributed by atoms with Gasteiger partial charge in [-0.3, -0.25) is 4.79 Å². The van der Waals surface area contributed by atoms with Gasteiger partial charge in [-0.2, -0.15) is 0 Å². The fraction of sp³-hybridized carbons (Fsp3) is 0.357. The zero-order valence-corrected chi connectivity index (χ0v) is 11.0. The number of hydrogen-bond donors (Lipinski definition) is 1. The number of β-amino-alcohol motifs (C(OH)–C–C–N with tert-alkyl or cyclic N) is 1. The van der Waals surface area contributed by atoms with Crippen molar-refractivity contribution < 1.29 is 9.90 Å². The molecule has 4 heteroatoms. The lowest BCUT2D eigenvalue weighted by molar-refractivity contribution is 0.0575. The Morgan fingerprint density at radius 2 is 2.22 bits per heavy atom. The van der Waals surface area contributed by atoms with Gasteiger partial charge >= 0.3 is 0 Å². The first-order valence-corrected chi connectivity index (χ1v) is 6.87.